The molecule has 0 aliphatic heterocycles. The molecule has 0 fully saturated rings. The van der Waals surface area contributed by atoms with E-state index in [-0.39, 0.29) is 5.92 Å². The molecule has 0 aliphatic rings. The third-order valence-corrected chi connectivity index (χ3v) is 3.28. The minimum absolute atomic E-state index is 0.244. The average Bonchev–Trinajstić information content (AvgIpc) is 2.49. The van der Waals surface area contributed by atoms with Gasteiger partial charge >= 0.3 is 11.9 Å². The molecule has 0 spiro atoms. The van der Waals surface area contributed by atoms with Crippen LogP contribution in [0.1, 0.15) is 52.0 Å². The summed E-state index contributed by atoms with van der Waals surface area (Å²) < 4.78 is 10.3. The molecule has 4 nitrogen and oxygen atoms in total. The van der Waals surface area contributed by atoms with E-state index in [2.05, 4.69) is 13.8 Å². The quantitative estimate of drug-likeness (QED) is 0.311. The van der Waals surface area contributed by atoms with E-state index >= 15 is 0 Å². The average molecular weight is 318 g/mol. The summed E-state index contributed by atoms with van der Waals surface area (Å²) in [6, 6.07) is 7.36. The smallest absolute Gasteiger partial charge is 0.336 e. The van der Waals surface area contributed by atoms with Gasteiger partial charge in [-0.3, -0.25) is 0 Å². The van der Waals surface area contributed by atoms with Gasteiger partial charge in [-0.25, -0.2) is 9.59 Å². The molecule has 0 amide bonds. The van der Waals surface area contributed by atoms with Crippen LogP contribution in [0.2, 0.25) is 0 Å². The van der Waals surface area contributed by atoms with Gasteiger partial charge in [0.25, 0.3) is 0 Å². The van der Waals surface area contributed by atoms with E-state index in [1.807, 2.05) is 26.0 Å². The highest BCUT2D eigenvalue weighted by Gasteiger charge is 2.10. The second kappa shape index (κ2) is 9.82. The Morgan fingerprint density at radius 3 is 2.35 bits per heavy atom. The van der Waals surface area contributed by atoms with Crippen molar-refractivity contribution in [1.82, 2.24) is 0 Å². The van der Waals surface area contributed by atoms with Crippen molar-refractivity contribution in [3.63, 3.8) is 0 Å². The lowest BCUT2D eigenvalue weighted by molar-refractivity contribution is -0.138. The lowest BCUT2D eigenvalue weighted by Crippen LogP contribution is -2.09. The predicted molar refractivity (Wildman–Crippen MR) is 90.3 cm³/mol. The Morgan fingerprint density at radius 1 is 1.04 bits per heavy atom. The zero-order valence-electron chi connectivity index (χ0n) is 14.4. The molecule has 0 bridgehead atoms. The summed E-state index contributed by atoms with van der Waals surface area (Å²) in [6.45, 7) is 8.65. The maximum Gasteiger partial charge on any atom is 0.336 e. The van der Waals surface area contributed by atoms with Gasteiger partial charge < -0.3 is 9.47 Å². The van der Waals surface area contributed by atoms with Crippen molar-refractivity contribution < 1.29 is 19.1 Å². The van der Waals surface area contributed by atoms with Crippen molar-refractivity contribution in [3.8, 4) is 5.75 Å². The van der Waals surface area contributed by atoms with Gasteiger partial charge in [-0.2, -0.15) is 0 Å². The van der Waals surface area contributed by atoms with Crippen LogP contribution in [0, 0.1) is 5.92 Å². The van der Waals surface area contributed by atoms with Gasteiger partial charge in [0, 0.05) is 12.2 Å². The van der Waals surface area contributed by atoms with Crippen molar-refractivity contribution in [3.05, 3.63) is 42.0 Å². The first kappa shape index (κ1) is 18.9. The van der Waals surface area contributed by atoms with Gasteiger partial charge in [-0.05, 0) is 36.3 Å². The number of hydrogen-bond acceptors (Lipinski definition) is 4. The Labute approximate surface area is 138 Å². The van der Waals surface area contributed by atoms with Gasteiger partial charge in [-0.1, -0.05) is 45.9 Å². The highest BCUT2D eigenvalue weighted by molar-refractivity contribution is 5.92. The van der Waals surface area contributed by atoms with Gasteiger partial charge in [0.15, 0.2) is 0 Å². The van der Waals surface area contributed by atoms with Gasteiger partial charge in [0.05, 0.1) is 6.61 Å². The topological polar surface area (TPSA) is 52.6 Å². The third-order valence-electron chi connectivity index (χ3n) is 3.28. The first-order valence-electron chi connectivity index (χ1n) is 8.05. The zero-order chi connectivity index (χ0) is 17.2. The van der Waals surface area contributed by atoms with E-state index in [0.29, 0.717) is 18.3 Å². The molecule has 1 aromatic rings. The molecule has 0 heterocycles. The normalized spacial score (nSPS) is 11.2. The lowest BCUT2D eigenvalue weighted by Gasteiger charge is -2.11. The molecule has 0 saturated carbocycles. The summed E-state index contributed by atoms with van der Waals surface area (Å²) in [6.07, 6.45) is 4.03. The number of ether oxygens (including phenoxy) is 2. The predicted octanol–water partition coefficient (Wildman–Crippen LogP) is 4.25. The Kier molecular flexibility index (Phi) is 8.09. The van der Waals surface area contributed by atoms with E-state index in [9.17, 15) is 9.59 Å². The van der Waals surface area contributed by atoms with Crippen LogP contribution in [-0.4, -0.2) is 18.5 Å². The van der Waals surface area contributed by atoms with Crippen molar-refractivity contribution in [2.45, 2.75) is 46.5 Å². The summed E-state index contributed by atoms with van der Waals surface area (Å²) in [5.41, 5.74) is 0.950. The maximum atomic E-state index is 11.8. The number of carbonyl (C=O) groups is 2. The molecule has 23 heavy (non-hydrogen) atoms. The van der Waals surface area contributed by atoms with Crippen molar-refractivity contribution in [1.29, 1.82) is 0 Å². The summed E-state index contributed by atoms with van der Waals surface area (Å²) in [5.74, 6) is 0.233. The summed E-state index contributed by atoms with van der Waals surface area (Å²) in [4.78, 5) is 23.3. The van der Waals surface area contributed by atoms with Gasteiger partial charge in [-0.15, -0.1) is 0 Å². The molecule has 0 aliphatic carbocycles. The second-order valence-electron chi connectivity index (χ2n) is 6.15. The van der Waals surface area contributed by atoms with Crippen LogP contribution in [0.4, 0.5) is 0 Å². The fraction of sp³-hybridized carbons (Fsp3) is 0.474. The minimum atomic E-state index is -0.586. The summed E-state index contributed by atoms with van der Waals surface area (Å²) in [5, 5.41) is 0. The molecule has 126 valence electrons. The van der Waals surface area contributed by atoms with E-state index in [0.717, 1.165) is 30.6 Å². The first-order chi connectivity index (χ1) is 10.9. The fourth-order valence-corrected chi connectivity index (χ4v) is 2.04. The summed E-state index contributed by atoms with van der Waals surface area (Å²) >= 11 is 0. The molecular formula is C19H26O4. The Hall–Kier alpha value is -2.10. The van der Waals surface area contributed by atoms with Crippen LogP contribution in [0.3, 0.4) is 0 Å². The standard InChI is InChI=1S/C19H26O4/c1-14(2)8-7-13-22-18(20)11-12-19(21)23-17-10-6-5-9-16(17)15(3)4/h5-6,9-12,14-15H,7-8,13H2,1-4H3/b12-11+. The molecule has 0 saturated heterocycles. The number of para-hydroxylation sites is 1. The van der Waals surface area contributed by atoms with Crippen molar-refractivity contribution in [2.75, 3.05) is 6.61 Å². The number of hydrogen-bond donors (Lipinski definition) is 0. The van der Waals surface area contributed by atoms with E-state index in [1.165, 1.54) is 0 Å². The molecule has 0 aromatic heterocycles. The number of rotatable bonds is 8. The third kappa shape index (κ3) is 7.63. The van der Waals surface area contributed by atoms with Crippen molar-refractivity contribution in [2.24, 2.45) is 5.92 Å². The van der Waals surface area contributed by atoms with Gasteiger partial charge in [0.2, 0.25) is 0 Å². The molecule has 0 radical (unpaired) electrons. The second-order valence-corrected chi connectivity index (χ2v) is 6.15. The first-order valence-corrected chi connectivity index (χ1v) is 8.05. The molecule has 1 aromatic carbocycles. The number of esters is 2. The number of benzene rings is 1. The Balaban J connectivity index is 2.45. The molecule has 1 rings (SSSR count). The highest BCUT2D eigenvalue weighted by atomic mass is 16.5. The van der Waals surface area contributed by atoms with Crippen LogP contribution in [0.15, 0.2) is 36.4 Å². The molecule has 0 unspecified atom stereocenters. The van der Waals surface area contributed by atoms with E-state index < -0.39 is 11.9 Å². The molecular weight excluding hydrogens is 292 g/mol. The largest absolute Gasteiger partial charge is 0.463 e. The summed E-state index contributed by atoms with van der Waals surface area (Å²) in [7, 11) is 0. The minimum Gasteiger partial charge on any atom is -0.463 e. The molecule has 0 N–H and O–H groups in total. The van der Waals surface area contributed by atoms with Crippen LogP contribution in [0.5, 0.6) is 5.75 Å². The zero-order valence-corrected chi connectivity index (χ0v) is 14.4. The molecule has 4 heteroatoms. The highest BCUT2D eigenvalue weighted by Crippen LogP contribution is 2.25. The van der Waals surface area contributed by atoms with Crippen molar-refractivity contribution >= 4 is 11.9 Å². The van der Waals surface area contributed by atoms with Crippen LogP contribution in [0.25, 0.3) is 0 Å². The van der Waals surface area contributed by atoms with Crippen LogP contribution in [-0.2, 0) is 14.3 Å². The van der Waals surface area contributed by atoms with E-state index in [4.69, 9.17) is 9.47 Å². The molecule has 0 atom stereocenters. The van der Waals surface area contributed by atoms with Crippen LogP contribution >= 0.6 is 0 Å². The fourth-order valence-electron chi connectivity index (χ4n) is 2.04. The van der Waals surface area contributed by atoms with Gasteiger partial charge in [0.1, 0.15) is 5.75 Å². The Morgan fingerprint density at radius 2 is 1.70 bits per heavy atom. The monoisotopic (exact) mass is 318 g/mol. The SMILES string of the molecule is CC(C)CCCOC(=O)/C=C/C(=O)Oc1ccccc1C(C)C. The lowest BCUT2D eigenvalue weighted by atomic mass is 10.0. The number of carbonyl (C=O) groups excluding carboxylic acids is 2. The Bertz CT molecular complexity index is 544. The maximum absolute atomic E-state index is 11.8. The van der Waals surface area contributed by atoms with Crippen LogP contribution < -0.4 is 4.74 Å². The van der Waals surface area contributed by atoms with E-state index in [1.54, 1.807) is 12.1 Å².